The number of anilines is 1. The highest BCUT2D eigenvalue weighted by molar-refractivity contribution is 6.32. The lowest BCUT2D eigenvalue weighted by molar-refractivity contribution is -0.126. The summed E-state index contributed by atoms with van der Waals surface area (Å²) < 4.78 is 5.46. The van der Waals surface area contributed by atoms with Crippen molar-refractivity contribution in [3.63, 3.8) is 0 Å². The Morgan fingerprint density at radius 1 is 1.50 bits per heavy atom. The van der Waals surface area contributed by atoms with Gasteiger partial charge in [-0.3, -0.25) is 4.79 Å². The molecule has 0 spiro atoms. The number of amides is 1. The number of carbonyl (C=O) groups excluding carboxylic acids is 1. The molecule has 3 N–H and O–H groups in total. The third-order valence-corrected chi connectivity index (χ3v) is 2.94. The van der Waals surface area contributed by atoms with Crippen LogP contribution in [0.25, 0.3) is 0 Å². The van der Waals surface area contributed by atoms with Crippen LogP contribution in [0.2, 0.25) is 10.4 Å². The number of nitrogens with one attached hydrogen (secondary N) is 1. The maximum atomic E-state index is 11.9. The van der Waals surface area contributed by atoms with Crippen LogP contribution in [0.5, 0.6) is 0 Å². The largest absolute Gasteiger partial charge is 0.364 e. The molecule has 1 aromatic rings. The Hall–Kier alpha value is -0.950. The van der Waals surface area contributed by atoms with Crippen LogP contribution in [0.4, 0.5) is 5.82 Å². The molecule has 1 amide bonds. The molecule has 0 saturated carbocycles. The number of nitrogens with zero attached hydrogens (tertiary/aromatic N) is 2. The topological polar surface area (TPSA) is 90.1 Å². The van der Waals surface area contributed by atoms with Crippen LogP contribution in [0, 0.1) is 0 Å². The van der Waals surface area contributed by atoms with Crippen molar-refractivity contribution in [2.45, 2.75) is 25.0 Å². The summed E-state index contributed by atoms with van der Waals surface area (Å²) in [4.78, 5) is 19.4. The molecule has 0 bridgehead atoms. The number of halogens is 2. The van der Waals surface area contributed by atoms with Gasteiger partial charge in [0.25, 0.3) is 5.91 Å². The molecule has 18 heavy (non-hydrogen) atoms. The van der Waals surface area contributed by atoms with Gasteiger partial charge in [-0.15, -0.1) is 0 Å². The third-order valence-electron chi connectivity index (χ3n) is 2.58. The fourth-order valence-corrected chi connectivity index (χ4v) is 2.14. The molecule has 2 unspecified atom stereocenters. The van der Waals surface area contributed by atoms with E-state index < -0.39 is 6.10 Å². The molecule has 98 valence electrons. The van der Waals surface area contributed by atoms with Crippen molar-refractivity contribution in [2.75, 3.05) is 11.9 Å². The molecule has 0 radical (unpaired) electrons. The lowest BCUT2D eigenvalue weighted by Gasteiger charge is -2.12. The summed E-state index contributed by atoms with van der Waals surface area (Å²) in [5.41, 5.74) is 5.48. The van der Waals surface area contributed by atoms with Crippen molar-refractivity contribution >= 4 is 34.9 Å². The Morgan fingerprint density at radius 2 is 2.28 bits per heavy atom. The number of ether oxygens (including phenoxy) is 1. The molecule has 2 atom stereocenters. The smallest absolute Gasteiger partial charge is 0.254 e. The monoisotopic (exact) mass is 290 g/mol. The van der Waals surface area contributed by atoms with Gasteiger partial charge in [0.1, 0.15) is 17.1 Å². The molecular weight excluding hydrogens is 279 g/mol. The molecule has 2 rings (SSSR count). The van der Waals surface area contributed by atoms with E-state index in [1.807, 2.05) is 0 Å². The molecule has 1 fully saturated rings. The van der Waals surface area contributed by atoms with E-state index in [0.717, 1.165) is 6.42 Å². The summed E-state index contributed by atoms with van der Waals surface area (Å²) in [7, 11) is 0. The second-order valence-electron chi connectivity index (χ2n) is 3.89. The second-order valence-corrected chi connectivity index (χ2v) is 4.62. The fraction of sp³-hybridized carbons (Fsp3) is 0.500. The van der Waals surface area contributed by atoms with Gasteiger partial charge in [-0.05, 0) is 24.4 Å². The average molecular weight is 291 g/mol. The molecule has 1 aliphatic heterocycles. The molecule has 8 heteroatoms. The molecule has 2 heterocycles. The summed E-state index contributed by atoms with van der Waals surface area (Å²) in [5.74, 6) is -0.0263. The normalized spacial score (nSPS) is 23.1. The van der Waals surface area contributed by atoms with Gasteiger partial charge in [-0.1, -0.05) is 11.6 Å². The highest BCUT2D eigenvalue weighted by Crippen LogP contribution is 2.21. The minimum atomic E-state index is -0.508. The SMILES string of the molecule is NCC1CCC(C(=O)Nc2cc(Cl)nc(Cl)n2)O1. The summed E-state index contributed by atoms with van der Waals surface area (Å²) in [6, 6.07) is 1.42. The Morgan fingerprint density at radius 3 is 2.89 bits per heavy atom. The zero-order valence-electron chi connectivity index (χ0n) is 9.40. The van der Waals surface area contributed by atoms with Crippen LogP contribution in [0.15, 0.2) is 6.07 Å². The minimum Gasteiger partial charge on any atom is -0.364 e. The van der Waals surface area contributed by atoms with Gasteiger partial charge in [0.05, 0.1) is 6.10 Å². The van der Waals surface area contributed by atoms with Crippen molar-refractivity contribution in [1.29, 1.82) is 0 Å². The molecular formula is C10H12Cl2N4O2. The highest BCUT2D eigenvalue weighted by Gasteiger charge is 2.30. The van der Waals surface area contributed by atoms with Crippen LogP contribution < -0.4 is 11.1 Å². The van der Waals surface area contributed by atoms with Gasteiger partial charge >= 0.3 is 0 Å². The van der Waals surface area contributed by atoms with E-state index in [0.29, 0.717) is 13.0 Å². The Labute approximate surface area is 114 Å². The van der Waals surface area contributed by atoms with Crippen LogP contribution >= 0.6 is 23.2 Å². The van der Waals surface area contributed by atoms with E-state index in [-0.39, 0.29) is 28.3 Å². The third kappa shape index (κ3) is 3.29. The van der Waals surface area contributed by atoms with Gasteiger partial charge in [0.15, 0.2) is 0 Å². The van der Waals surface area contributed by atoms with E-state index in [1.165, 1.54) is 6.07 Å². The van der Waals surface area contributed by atoms with E-state index in [9.17, 15) is 4.79 Å². The average Bonchev–Trinajstić information content (AvgIpc) is 2.75. The summed E-state index contributed by atoms with van der Waals surface area (Å²) in [6.07, 6.45) is 0.851. The first kappa shape index (κ1) is 13.5. The molecule has 1 aromatic heterocycles. The van der Waals surface area contributed by atoms with Crippen LogP contribution in [0.3, 0.4) is 0 Å². The van der Waals surface area contributed by atoms with Crippen molar-refractivity contribution in [1.82, 2.24) is 9.97 Å². The van der Waals surface area contributed by atoms with Gasteiger partial charge in [0.2, 0.25) is 5.28 Å². The fourth-order valence-electron chi connectivity index (χ4n) is 1.73. The first-order chi connectivity index (χ1) is 8.58. The zero-order valence-corrected chi connectivity index (χ0v) is 10.9. The second kappa shape index (κ2) is 5.79. The Kier molecular flexibility index (Phi) is 4.34. The summed E-state index contributed by atoms with van der Waals surface area (Å²) in [6.45, 7) is 0.412. The first-order valence-corrected chi connectivity index (χ1v) is 6.20. The van der Waals surface area contributed by atoms with Crippen molar-refractivity contribution < 1.29 is 9.53 Å². The number of hydrogen-bond acceptors (Lipinski definition) is 5. The predicted molar refractivity (Wildman–Crippen MR) is 67.6 cm³/mol. The van der Waals surface area contributed by atoms with Crippen molar-refractivity contribution in [2.24, 2.45) is 5.73 Å². The molecule has 1 saturated heterocycles. The molecule has 6 nitrogen and oxygen atoms in total. The predicted octanol–water partition coefficient (Wildman–Crippen LogP) is 1.23. The van der Waals surface area contributed by atoms with E-state index >= 15 is 0 Å². The summed E-state index contributed by atoms with van der Waals surface area (Å²) in [5, 5.41) is 2.73. The number of hydrogen-bond donors (Lipinski definition) is 2. The first-order valence-electron chi connectivity index (χ1n) is 5.45. The van der Waals surface area contributed by atoms with Crippen LogP contribution in [0.1, 0.15) is 12.8 Å². The van der Waals surface area contributed by atoms with Crippen molar-refractivity contribution in [3.8, 4) is 0 Å². The lowest BCUT2D eigenvalue weighted by atomic mass is 10.2. The van der Waals surface area contributed by atoms with Gasteiger partial charge in [0, 0.05) is 12.6 Å². The van der Waals surface area contributed by atoms with Gasteiger partial charge in [-0.2, -0.15) is 0 Å². The van der Waals surface area contributed by atoms with Crippen LogP contribution in [-0.4, -0.2) is 34.6 Å². The number of carbonyl (C=O) groups is 1. The van der Waals surface area contributed by atoms with E-state index in [1.54, 1.807) is 0 Å². The highest BCUT2D eigenvalue weighted by atomic mass is 35.5. The zero-order chi connectivity index (χ0) is 13.1. The maximum absolute atomic E-state index is 11.9. The number of nitrogens with two attached hydrogens (primary N) is 1. The molecule has 0 aromatic carbocycles. The van der Waals surface area contributed by atoms with Gasteiger partial charge < -0.3 is 15.8 Å². The van der Waals surface area contributed by atoms with Gasteiger partial charge in [-0.25, -0.2) is 9.97 Å². The lowest BCUT2D eigenvalue weighted by Crippen LogP contribution is -2.30. The Balaban J connectivity index is 1.99. The maximum Gasteiger partial charge on any atom is 0.254 e. The van der Waals surface area contributed by atoms with Crippen LogP contribution in [-0.2, 0) is 9.53 Å². The Bertz CT molecular complexity index is 437. The van der Waals surface area contributed by atoms with E-state index in [4.69, 9.17) is 33.7 Å². The number of aromatic nitrogens is 2. The quantitative estimate of drug-likeness (QED) is 0.645. The number of rotatable bonds is 3. The summed E-state index contributed by atoms with van der Waals surface area (Å²) >= 11 is 11.3. The standard InChI is InChI=1S/C10H12Cl2N4O2/c11-7-3-8(16-10(12)14-7)15-9(17)6-2-1-5(4-13)18-6/h3,5-6H,1-2,4,13H2,(H,14,15,16,17). The molecule has 1 aliphatic rings. The van der Waals surface area contributed by atoms with Crippen molar-refractivity contribution in [3.05, 3.63) is 16.5 Å². The van der Waals surface area contributed by atoms with E-state index in [2.05, 4.69) is 15.3 Å². The minimum absolute atomic E-state index is 0.0232. The molecule has 0 aliphatic carbocycles.